The Morgan fingerprint density at radius 3 is 2.75 bits per heavy atom. The number of anilines is 1. The van der Waals surface area contributed by atoms with E-state index in [9.17, 15) is 4.79 Å². The SMILES string of the molecule is Nc1c(C(=O)N2CC(O)C2)n[nH]c1C1CC1. The van der Waals surface area contributed by atoms with Gasteiger partial charge in [-0.15, -0.1) is 0 Å². The number of nitrogens with one attached hydrogen (secondary N) is 1. The number of aliphatic hydroxyl groups is 1. The molecule has 1 aliphatic carbocycles. The third-order valence-electron chi connectivity index (χ3n) is 3.17. The van der Waals surface area contributed by atoms with Gasteiger partial charge >= 0.3 is 0 Å². The Hall–Kier alpha value is -1.56. The molecule has 2 heterocycles. The lowest BCUT2D eigenvalue weighted by Crippen LogP contribution is -2.53. The highest BCUT2D eigenvalue weighted by molar-refractivity contribution is 5.98. The van der Waals surface area contributed by atoms with Crippen molar-refractivity contribution in [3.63, 3.8) is 0 Å². The number of amides is 1. The molecule has 0 atom stereocenters. The van der Waals surface area contributed by atoms with E-state index in [-0.39, 0.29) is 5.91 Å². The van der Waals surface area contributed by atoms with Crippen molar-refractivity contribution in [1.82, 2.24) is 15.1 Å². The fourth-order valence-electron chi connectivity index (χ4n) is 1.98. The number of hydrogen-bond acceptors (Lipinski definition) is 4. The number of carbonyl (C=O) groups is 1. The van der Waals surface area contributed by atoms with Crippen molar-refractivity contribution in [1.29, 1.82) is 0 Å². The van der Waals surface area contributed by atoms with Crippen LogP contribution in [0.4, 0.5) is 5.69 Å². The summed E-state index contributed by atoms with van der Waals surface area (Å²) >= 11 is 0. The van der Waals surface area contributed by atoms with Crippen molar-refractivity contribution < 1.29 is 9.90 Å². The first kappa shape index (κ1) is 9.65. The number of nitrogens with zero attached hydrogens (tertiary/aromatic N) is 2. The van der Waals surface area contributed by atoms with Gasteiger partial charge in [0, 0.05) is 19.0 Å². The topological polar surface area (TPSA) is 95.2 Å². The highest BCUT2D eigenvalue weighted by atomic mass is 16.3. The van der Waals surface area contributed by atoms with Crippen molar-refractivity contribution in [2.24, 2.45) is 0 Å². The van der Waals surface area contributed by atoms with E-state index in [1.807, 2.05) is 0 Å². The molecule has 0 aromatic carbocycles. The maximum atomic E-state index is 11.9. The molecule has 4 N–H and O–H groups in total. The molecule has 2 aliphatic rings. The number of aromatic amines is 1. The highest BCUT2D eigenvalue weighted by Gasteiger charge is 2.35. The summed E-state index contributed by atoms with van der Waals surface area (Å²) in [7, 11) is 0. The van der Waals surface area contributed by atoms with Crippen molar-refractivity contribution in [3.8, 4) is 0 Å². The second kappa shape index (κ2) is 3.21. The number of nitrogens with two attached hydrogens (primary N) is 1. The van der Waals surface area contributed by atoms with Gasteiger partial charge < -0.3 is 15.7 Å². The molecular weight excluding hydrogens is 208 g/mol. The van der Waals surface area contributed by atoms with Crippen LogP contribution in [0, 0.1) is 0 Å². The number of H-pyrrole nitrogens is 1. The van der Waals surface area contributed by atoms with Gasteiger partial charge in [0.2, 0.25) is 0 Å². The average molecular weight is 222 g/mol. The summed E-state index contributed by atoms with van der Waals surface area (Å²) < 4.78 is 0. The van der Waals surface area contributed by atoms with Gasteiger partial charge in [0.25, 0.3) is 5.91 Å². The first-order chi connectivity index (χ1) is 7.66. The van der Waals surface area contributed by atoms with E-state index in [1.54, 1.807) is 4.90 Å². The van der Waals surface area contributed by atoms with Gasteiger partial charge in [-0.2, -0.15) is 5.10 Å². The van der Waals surface area contributed by atoms with Crippen LogP contribution < -0.4 is 5.73 Å². The highest BCUT2D eigenvalue weighted by Crippen LogP contribution is 2.42. The molecule has 1 saturated carbocycles. The van der Waals surface area contributed by atoms with Crippen molar-refractivity contribution >= 4 is 11.6 Å². The zero-order valence-electron chi connectivity index (χ0n) is 8.81. The Balaban J connectivity index is 1.80. The van der Waals surface area contributed by atoms with Crippen LogP contribution in [0.5, 0.6) is 0 Å². The molecule has 1 aromatic rings. The molecule has 3 rings (SSSR count). The first-order valence-corrected chi connectivity index (χ1v) is 5.48. The van der Waals surface area contributed by atoms with Crippen LogP contribution in [-0.2, 0) is 0 Å². The molecule has 0 bridgehead atoms. The maximum absolute atomic E-state index is 11.9. The van der Waals surface area contributed by atoms with E-state index in [4.69, 9.17) is 10.8 Å². The van der Waals surface area contributed by atoms with Gasteiger partial charge in [-0.25, -0.2) is 0 Å². The normalized spacial score (nSPS) is 20.9. The molecule has 0 unspecified atom stereocenters. The monoisotopic (exact) mass is 222 g/mol. The number of carbonyl (C=O) groups excluding carboxylic acids is 1. The van der Waals surface area contributed by atoms with Crippen LogP contribution in [-0.4, -0.2) is 45.3 Å². The summed E-state index contributed by atoms with van der Waals surface area (Å²) in [5, 5.41) is 16.0. The molecule has 0 radical (unpaired) electrons. The minimum absolute atomic E-state index is 0.189. The van der Waals surface area contributed by atoms with E-state index >= 15 is 0 Å². The molecule has 86 valence electrons. The first-order valence-electron chi connectivity index (χ1n) is 5.48. The average Bonchev–Trinajstić information content (AvgIpc) is 2.97. The van der Waals surface area contributed by atoms with Crippen LogP contribution in [0.1, 0.15) is 34.9 Å². The van der Waals surface area contributed by atoms with E-state index < -0.39 is 6.10 Å². The van der Waals surface area contributed by atoms with E-state index in [1.165, 1.54) is 0 Å². The number of hydrogen-bond donors (Lipinski definition) is 3. The molecule has 0 spiro atoms. The number of nitrogen functional groups attached to an aromatic ring is 1. The van der Waals surface area contributed by atoms with Gasteiger partial charge in [0.1, 0.15) is 0 Å². The second-order valence-corrected chi connectivity index (χ2v) is 4.54. The second-order valence-electron chi connectivity index (χ2n) is 4.54. The molecule has 1 aliphatic heterocycles. The number of aromatic nitrogens is 2. The third-order valence-corrected chi connectivity index (χ3v) is 3.17. The van der Waals surface area contributed by atoms with Gasteiger partial charge in [-0.05, 0) is 12.8 Å². The minimum Gasteiger partial charge on any atom is -0.395 e. The van der Waals surface area contributed by atoms with Crippen molar-refractivity contribution in [3.05, 3.63) is 11.4 Å². The summed E-state index contributed by atoms with van der Waals surface area (Å²) in [6, 6.07) is 0. The standard InChI is InChI=1S/C10H14N4O2/c11-7-8(5-1-2-5)12-13-9(7)10(16)14-3-6(15)4-14/h5-6,15H,1-4,11H2,(H,12,13). The molecule has 16 heavy (non-hydrogen) atoms. The quantitative estimate of drug-likeness (QED) is 0.639. The Morgan fingerprint density at radius 2 is 2.19 bits per heavy atom. The summed E-state index contributed by atoms with van der Waals surface area (Å²) in [6.45, 7) is 0.758. The molecule has 6 nitrogen and oxygen atoms in total. The summed E-state index contributed by atoms with van der Waals surface area (Å²) in [4.78, 5) is 13.5. The van der Waals surface area contributed by atoms with Gasteiger partial charge in [-0.1, -0.05) is 0 Å². The van der Waals surface area contributed by atoms with Gasteiger partial charge in [0.15, 0.2) is 5.69 Å². The summed E-state index contributed by atoms with van der Waals surface area (Å²) in [5.41, 5.74) is 7.57. The predicted octanol–water partition coefficient (Wildman–Crippen LogP) is -0.314. The fraction of sp³-hybridized carbons (Fsp3) is 0.600. The number of rotatable bonds is 2. The van der Waals surface area contributed by atoms with Crippen LogP contribution in [0.25, 0.3) is 0 Å². The zero-order chi connectivity index (χ0) is 11.3. The van der Waals surface area contributed by atoms with Crippen LogP contribution in [0.2, 0.25) is 0 Å². The summed E-state index contributed by atoms with van der Waals surface area (Å²) in [6.07, 6.45) is 1.83. The number of likely N-dealkylation sites (tertiary alicyclic amines) is 1. The predicted molar refractivity (Wildman–Crippen MR) is 56.9 cm³/mol. The molecule has 1 aromatic heterocycles. The number of β-amino-alcohol motifs (C(OH)–C–C–N with tert-alkyl or cyclic N) is 1. The van der Waals surface area contributed by atoms with Gasteiger partial charge in [0.05, 0.1) is 17.5 Å². The van der Waals surface area contributed by atoms with E-state index in [0.29, 0.717) is 30.4 Å². The lowest BCUT2D eigenvalue weighted by molar-refractivity contribution is 0.00557. The molecule has 2 fully saturated rings. The Kier molecular flexibility index (Phi) is 1.94. The van der Waals surface area contributed by atoms with Crippen LogP contribution >= 0.6 is 0 Å². The fourth-order valence-corrected chi connectivity index (χ4v) is 1.98. The minimum atomic E-state index is -0.396. The van der Waals surface area contributed by atoms with Crippen LogP contribution in [0.15, 0.2) is 0 Å². The van der Waals surface area contributed by atoms with Crippen molar-refractivity contribution in [2.75, 3.05) is 18.8 Å². The molecular formula is C10H14N4O2. The molecule has 6 heteroatoms. The summed E-state index contributed by atoms with van der Waals surface area (Å²) in [5.74, 6) is 0.266. The molecule has 1 saturated heterocycles. The number of aliphatic hydroxyl groups excluding tert-OH is 1. The lowest BCUT2D eigenvalue weighted by Gasteiger charge is -2.35. The van der Waals surface area contributed by atoms with Crippen LogP contribution in [0.3, 0.4) is 0 Å². The largest absolute Gasteiger partial charge is 0.395 e. The van der Waals surface area contributed by atoms with E-state index in [0.717, 1.165) is 18.5 Å². The smallest absolute Gasteiger partial charge is 0.276 e. The van der Waals surface area contributed by atoms with E-state index in [2.05, 4.69) is 10.2 Å². The van der Waals surface area contributed by atoms with Gasteiger partial charge in [-0.3, -0.25) is 9.89 Å². The maximum Gasteiger partial charge on any atom is 0.276 e. The third kappa shape index (κ3) is 1.37. The Bertz CT molecular complexity index is 432. The Morgan fingerprint density at radius 1 is 1.50 bits per heavy atom. The zero-order valence-corrected chi connectivity index (χ0v) is 8.81. The Labute approximate surface area is 92.4 Å². The van der Waals surface area contributed by atoms with Crippen molar-refractivity contribution in [2.45, 2.75) is 24.9 Å². The lowest BCUT2D eigenvalue weighted by atomic mass is 10.1. The molecule has 1 amide bonds.